The van der Waals surface area contributed by atoms with Crippen LogP contribution in [0.3, 0.4) is 0 Å². The molecule has 0 bridgehead atoms. The highest BCUT2D eigenvalue weighted by Gasteiger charge is 2.23. The van der Waals surface area contributed by atoms with Gasteiger partial charge in [0.2, 0.25) is 0 Å². The molecule has 1 unspecified atom stereocenters. The maximum Gasteiger partial charge on any atom is 0.0610 e. The molecule has 0 aliphatic heterocycles. The number of aliphatic hydroxyl groups is 1. The summed E-state index contributed by atoms with van der Waals surface area (Å²) in [5.74, 6) is 0. The summed E-state index contributed by atoms with van der Waals surface area (Å²) in [4.78, 5) is 0. The van der Waals surface area contributed by atoms with Gasteiger partial charge >= 0.3 is 0 Å². The highest BCUT2D eigenvalue weighted by atomic mass is 16.5. The summed E-state index contributed by atoms with van der Waals surface area (Å²) in [7, 11) is 0. The maximum absolute atomic E-state index is 9.43. The van der Waals surface area contributed by atoms with Crippen molar-refractivity contribution in [2.24, 2.45) is 0 Å². The van der Waals surface area contributed by atoms with Crippen LogP contribution in [-0.4, -0.2) is 35.5 Å². The second kappa shape index (κ2) is 7.34. The molecular formula is C14H31NO2. The normalized spacial score (nSPS) is 16.2. The van der Waals surface area contributed by atoms with Gasteiger partial charge in [0.25, 0.3) is 0 Å². The lowest BCUT2D eigenvalue weighted by Gasteiger charge is -2.31. The van der Waals surface area contributed by atoms with Crippen molar-refractivity contribution < 1.29 is 9.84 Å². The molecule has 0 saturated carbocycles. The standard InChI is InChI=1S/C14H31NO2/c1-12(2)15-14(6,11-16)9-7-8-10-17-13(3,4)5/h12,15-16H,7-11H2,1-6H3. The number of unbranched alkanes of at least 4 members (excludes halogenated alkanes) is 1. The van der Waals surface area contributed by atoms with Gasteiger partial charge in [-0.1, -0.05) is 13.8 Å². The Hall–Kier alpha value is -0.120. The average Bonchev–Trinajstić information content (AvgIpc) is 2.14. The minimum Gasteiger partial charge on any atom is -0.394 e. The van der Waals surface area contributed by atoms with Crippen molar-refractivity contribution in [1.29, 1.82) is 0 Å². The summed E-state index contributed by atoms with van der Waals surface area (Å²) in [5.41, 5.74) is -0.202. The minimum atomic E-state index is -0.157. The van der Waals surface area contributed by atoms with Crippen molar-refractivity contribution in [3.8, 4) is 0 Å². The zero-order valence-electron chi connectivity index (χ0n) is 12.5. The first kappa shape index (κ1) is 16.9. The summed E-state index contributed by atoms with van der Waals surface area (Å²) in [5, 5.41) is 12.8. The van der Waals surface area contributed by atoms with Crippen molar-refractivity contribution in [2.75, 3.05) is 13.2 Å². The van der Waals surface area contributed by atoms with Crippen LogP contribution in [0.15, 0.2) is 0 Å². The molecule has 0 fully saturated rings. The van der Waals surface area contributed by atoms with Crippen molar-refractivity contribution in [3.63, 3.8) is 0 Å². The first-order valence-electron chi connectivity index (χ1n) is 6.71. The molecule has 0 heterocycles. The van der Waals surface area contributed by atoms with Crippen LogP contribution in [0.4, 0.5) is 0 Å². The molecule has 0 aliphatic rings. The van der Waals surface area contributed by atoms with Gasteiger partial charge in [0.15, 0.2) is 0 Å². The van der Waals surface area contributed by atoms with E-state index in [0.29, 0.717) is 6.04 Å². The van der Waals surface area contributed by atoms with Crippen LogP contribution >= 0.6 is 0 Å². The van der Waals surface area contributed by atoms with Crippen LogP contribution in [-0.2, 0) is 4.74 Å². The summed E-state index contributed by atoms with van der Waals surface area (Å²) in [6, 6.07) is 0.401. The smallest absolute Gasteiger partial charge is 0.0610 e. The van der Waals surface area contributed by atoms with Gasteiger partial charge in [0.1, 0.15) is 0 Å². The van der Waals surface area contributed by atoms with Gasteiger partial charge in [-0.3, -0.25) is 0 Å². The maximum atomic E-state index is 9.43. The van der Waals surface area contributed by atoms with Crippen molar-refractivity contribution in [2.45, 2.75) is 78.0 Å². The number of hydrogen-bond donors (Lipinski definition) is 2. The fraction of sp³-hybridized carbons (Fsp3) is 1.00. The molecule has 2 N–H and O–H groups in total. The second-order valence-electron chi connectivity index (χ2n) is 6.44. The molecular weight excluding hydrogens is 214 g/mol. The first-order chi connectivity index (χ1) is 7.68. The Kier molecular flexibility index (Phi) is 7.29. The molecule has 0 spiro atoms. The van der Waals surface area contributed by atoms with E-state index >= 15 is 0 Å². The molecule has 3 heteroatoms. The Morgan fingerprint density at radius 1 is 1.12 bits per heavy atom. The van der Waals surface area contributed by atoms with E-state index in [9.17, 15) is 5.11 Å². The number of aliphatic hydroxyl groups excluding tert-OH is 1. The topological polar surface area (TPSA) is 41.5 Å². The van der Waals surface area contributed by atoms with E-state index in [1.807, 2.05) is 0 Å². The lowest BCUT2D eigenvalue weighted by atomic mass is 9.95. The molecule has 0 amide bonds. The predicted molar refractivity (Wildman–Crippen MR) is 73.3 cm³/mol. The summed E-state index contributed by atoms with van der Waals surface area (Å²) >= 11 is 0. The number of rotatable bonds is 8. The van der Waals surface area contributed by atoms with Crippen LogP contribution in [0.5, 0.6) is 0 Å². The van der Waals surface area contributed by atoms with Gasteiger partial charge in [-0.15, -0.1) is 0 Å². The Bertz CT molecular complexity index is 199. The molecule has 3 nitrogen and oxygen atoms in total. The van der Waals surface area contributed by atoms with Gasteiger partial charge < -0.3 is 15.2 Å². The Balaban J connectivity index is 3.77. The number of ether oxygens (including phenoxy) is 1. The lowest BCUT2D eigenvalue weighted by Crippen LogP contribution is -2.49. The minimum absolute atomic E-state index is 0.0452. The third-order valence-electron chi connectivity index (χ3n) is 2.64. The lowest BCUT2D eigenvalue weighted by molar-refractivity contribution is -0.00562. The van der Waals surface area contributed by atoms with Gasteiger partial charge in [0, 0.05) is 18.2 Å². The molecule has 0 saturated heterocycles. The van der Waals surface area contributed by atoms with E-state index < -0.39 is 0 Å². The molecule has 0 aromatic carbocycles. The third-order valence-corrected chi connectivity index (χ3v) is 2.64. The third kappa shape index (κ3) is 9.57. The molecule has 17 heavy (non-hydrogen) atoms. The first-order valence-corrected chi connectivity index (χ1v) is 6.71. The number of hydrogen-bond acceptors (Lipinski definition) is 3. The van der Waals surface area contributed by atoms with Gasteiger partial charge in [-0.25, -0.2) is 0 Å². The zero-order valence-corrected chi connectivity index (χ0v) is 12.5. The largest absolute Gasteiger partial charge is 0.394 e. The Morgan fingerprint density at radius 2 is 1.71 bits per heavy atom. The van der Waals surface area contributed by atoms with E-state index in [2.05, 4.69) is 46.9 Å². The molecule has 0 aromatic rings. The van der Waals surface area contributed by atoms with Crippen LogP contribution in [0, 0.1) is 0 Å². The number of nitrogens with one attached hydrogen (secondary N) is 1. The van der Waals surface area contributed by atoms with Gasteiger partial charge in [0.05, 0.1) is 12.2 Å². The zero-order chi connectivity index (χ0) is 13.5. The van der Waals surface area contributed by atoms with E-state index in [-0.39, 0.29) is 17.7 Å². The van der Waals surface area contributed by atoms with E-state index in [1.165, 1.54) is 0 Å². The molecule has 0 radical (unpaired) electrons. The fourth-order valence-electron chi connectivity index (χ4n) is 1.89. The monoisotopic (exact) mass is 245 g/mol. The van der Waals surface area contributed by atoms with Gasteiger partial charge in [-0.2, -0.15) is 0 Å². The quantitative estimate of drug-likeness (QED) is 0.646. The van der Waals surface area contributed by atoms with Gasteiger partial charge in [-0.05, 0) is 47.0 Å². The van der Waals surface area contributed by atoms with E-state index in [0.717, 1.165) is 25.9 Å². The average molecular weight is 245 g/mol. The Morgan fingerprint density at radius 3 is 2.12 bits per heavy atom. The summed E-state index contributed by atoms with van der Waals surface area (Å²) in [6.07, 6.45) is 3.11. The van der Waals surface area contributed by atoms with Crippen molar-refractivity contribution in [3.05, 3.63) is 0 Å². The van der Waals surface area contributed by atoms with Crippen LogP contribution in [0.2, 0.25) is 0 Å². The SMILES string of the molecule is CC(C)NC(C)(CO)CCCCOC(C)(C)C. The highest BCUT2D eigenvalue weighted by molar-refractivity contribution is 4.83. The van der Waals surface area contributed by atoms with Crippen molar-refractivity contribution in [1.82, 2.24) is 5.32 Å². The molecule has 104 valence electrons. The van der Waals surface area contributed by atoms with Crippen molar-refractivity contribution >= 4 is 0 Å². The molecule has 0 aromatic heterocycles. The Labute approximate surface area is 107 Å². The molecule has 0 rings (SSSR count). The fourth-order valence-corrected chi connectivity index (χ4v) is 1.89. The molecule has 0 aliphatic carbocycles. The van der Waals surface area contributed by atoms with Crippen LogP contribution in [0.25, 0.3) is 0 Å². The van der Waals surface area contributed by atoms with Crippen LogP contribution in [0.1, 0.15) is 60.8 Å². The van der Waals surface area contributed by atoms with E-state index in [4.69, 9.17) is 4.74 Å². The van der Waals surface area contributed by atoms with E-state index in [1.54, 1.807) is 0 Å². The summed E-state index contributed by atoms with van der Waals surface area (Å²) < 4.78 is 5.68. The van der Waals surface area contributed by atoms with Crippen LogP contribution < -0.4 is 5.32 Å². The summed E-state index contributed by atoms with van der Waals surface area (Å²) in [6.45, 7) is 13.5. The highest BCUT2D eigenvalue weighted by Crippen LogP contribution is 2.15. The second-order valence-corrected chi connectivity index (χ2v) is 6.44. The molecule has 1 atom stereocenters. The predicted octanol–water partition coefficient (Wildman–Crippen LogP) is 2.72.